The Morgan fingerprint density at radius 1 is 1.17 bits per heavy atom. The maximum absolute atomic E-state index is 12.0. The van der Waals surface area contributed by atoms with Crippen molar-refractivity contribution in [2.45, 2.75) is 27.2 Å². The van der Waals surface area contributed by atoms with Gasteiger partial charge in [-0.3, -0.25) is 0 Å². The molecule has 3 aromatic rings. The van der Waals surface area contributed by atoms with Crippen LogP contribution in [-0.4, -0.2) is 22.6 Å². The molecule has 0 N–H and O–H groups in total. The minimum atomic E-state index is -0.335. The monoisotopic (exact) mass is 322 g/mol. The molecule has 0 aliphatic heterocycles. The quantitative estimate of drug-likeness (QED) is 0.687. The van der Waals surface area contributed by atoms with E-state index in [1.54, 1.807) is 6.07 Å². The Bertz CT molecular complexity index is 915. The molecule has 0 fully saturated rings. The van der Waals surface area contributed by atoms with E-state index in [-0.39, 0.29) is 5.97 Å². The van der Waals surface area contributed by atoms with Crippen LogP contribution in [0.4, 0.5) is 0 Å². The molecule has 0 atom stereocenters. The molecule has 0 aliphatic carbocycles. The molecule has 4 heteroatoms. The summed E-state index contributed by atoms with van der Waals surface area (Å²) in [6.45, 7) is 6.39. The molecule has 24 heavy (non-hydrogen) atoms. The second-order valence-corrected chi connectivity index (χ2v) is 6.31. The summed E-state index contributed by atoms with van der Waals surface area (Å²) >= 11 is 0. The van der Waals surface area contributed by atoms with Gasteiger partial charge in [-0.05, 0) is 49.6 Å². The Balaban J connectivity index is 2.12. The maximum Gasteiger partial charge on any atom is 0.340 e. The topological polar surface area (TPSA) is 44.1 Å². The average Bonchev–Trinajstić information content (AvgIpc) is 2.86. The fourth-order valence-corrected chi connectivity index (χ4v) is 3.40. The van der Waals surface area contributed by atoms with Gasteiger partial charge in [0.15, 0.2) is 0 Å². The largest absolute Gasteiger partial charge is 0.465 e. The lowest BCUT2D eigenvalue weighted by molar-refractivity contribution is 0.0602. The van der Waals surface area contributed by atoms with Crippen LogP contribution in [0.5, 0.6) is 0 Å². The van der Waals surface area contributed by atoms with E-state index in [9.17, 15) is 4.79 Å². The molecule has 0 radical (unpaired) electrons. The van der Waals surface area contributed by atoms with Gasteiger partial charge in [0, 0.05) is 13.5 Å². The lowest BCUT2D eigenvalue weighted by atomic mass is 9.97. The number of nitrogens with zero attached hydrogens (tertiary/aromatic N) is 2. The highest BCUT2D eigenvalue weighted by Gasteiger charge is 2.17. The number of benzene rings is 2. The fraction of sp³-hybridized carbons (Fsp3) is 0.300. The van der Waals surface area contributed by atoms with E-state index in [1.807, 2.05) is 23.7 Å². The zero-order chi connectivity index (χ0) is 17.4. The molecule has 0 saturated carbocycles. The van der Waals surface area contributed by atoms with Crippen LogP contribution in [0, 0.1) is 20.8 Å². The van der Waals surface area contributed by atoms with Crippen LogP contribution in [-0.2, 0) is 18.2 Å². The van der Waals surface area contributed by atoms with Gasteiger partial charge in [-0.15, -0.1) is 0 Å². The number of fused-ring (bicyclic) bond motifs is 1. The first-order valence-corrected chi connectivity index (χ1v) is 8.01. The van der Waals surface area contributed by atoms with Crippen molar-refractivity contribution in [3.05, 3.63) is 64.0 Å². The first-order chi connectivity index (χ1) is 11.4. The third-order valence-corrected chi connectivity index (χ3v) is 4.57. The minimum absolute atomic E-state index is 0.335. The summed E-state index contributed by atoms with van der Waals surface area (Å²) in [7, 11) is 3.35. The molecular weight excluding hydrogens is 300 g/mol. The summed E-state index contributed by atoms with van der Waals surface area (Å²) in [5.74, 6) is 0.606. The number of carbonyl (C=O) groups is 1. The summed E-state index contributed by atoms with van der Waals surface area (Å²) < 4.78 is 6.90. The highest BCUT2D eigenvalue weighted by molar-refractivity contribution is 6.02. The van der Waals surface area contributed by atoms with Crippen LogP contribution in [0.3, 0.4) is 0 Å². The summed E-state index contributed by atoms with van der Waals surface area (Å²) in [5, 5.41) is 0. The van der Waals surface area contributed by atoms with Crippen molar-refractivity contribution in [1.82, 2.24) is 9.55 Å². The number of hydrogen-bond acceptors (Lipinski definition) is 3. The smallest absolute Gasteiger partial charge is 0.340 e. The Morgan fingerprint density at radius 2 is 1.83 bits per heavy atom. The Labute approximate surface area is 142 Å². The fourth-order valence-electron chi connectivity index (χ4n) is 3.40. The number of aromatic nitrogens is 2. The number of aryl methyl sites for hydroxylation is 4. The van der Waals surface area contributed by atoms with E-state index in [0.717, 1.165) is 23.3 Å². The summed E-state index contributed by atoms with van der Waals surface area (Å²) in [6.07, 6.45) is 0.740. The molecule has 2 aromatic carbocycles. The van der Waals surface area contributed by atoms with Crippen molar-refractivity contribution in [2.75, 3.05) is 7.11 Å². The Morgan fingerprint density at radius 3 is 2.46 bits per heavy atom. The first kappa shape index (κ1) is 16.2. The molecule has 0 bridgehead atoms. The molecule has 0 aliphatic rings. The first-order valence-electron chi connectivity index (χ1n) is 8.01. The molecule has 124 valence electrons. The number of methoxy groups -OCH3 is 1. The second kappa shape index (κ2) is 6.11. The number of para-hydroxylation sites is 1. The van der Waals surface area contributed by atoms with E-state index in [4.69, 9.17) is 9.72 Å². The third kappa shape index (κ3) is 2.68. The number of esters is 1. The normalized spacial score (nSPS) is 11.0. The predicted octanol–water partition coefficient (Wildman–Crippen LogP) is 3.88. The minimum Gasteiger partial charge on any atom is -0.465 e. The van der Waals surface area contributed by atoms with Gasteiger partial charge < -0.3 is 9.30 Å². The highest BCUT2D eigenvalue weighted by atomic mass is 16.5. The standard InChI is InChI=1S/C20H22N2O2/c1-12-9-13(2)16(14(3)10-12)11-18-21-17-8-6-7-15(20(23)24-5)19(17)22(18)4/h6-10H,11H2,1-5H3. The van der Waals surface area contributed by atoms with E-state index in [0.29, 0.717) is 5.56 Å². The molecule has 1 aromatic heterocycles. The average molecular weight is 322 g/mol. The predicted molar refractivity (Wildman–Crippen MR) is 95.5 cm³/mol. The lowest BCUT2D eigenvalue weighted by Gasteiger charge is -2.11. The third-order valence-electron chi connectivity index (χ3n) is 4.57. The van der Waals surface area contributed by atoms with E-state index < -0.39 is 0 Å². The van der Waals surface area contributed by atoms with Crippen LogP contribution < -0.4 is 0 Å². The zero-order valence-electron chi connectivity index (χ0n) is 14.8. The Hall–Kier alpha value is -2.62. The van der Waals surface area contributed by atoms with Crippen molar-refractivity contribution >= 4 is 17.0 Å². The van der Waals surface area contributed by atoms with Gasteiger partial charge in [0.05, 0.1) is 23.7 Å². The van der Waals surface area contributed by atoms with Crippen LogP contribution in [0.25, 0.3) is 11.0 Å². The van der Waals surface area contributed by atoms with Crippen molar-refractivity contribution in [3.63, 3.8) is 0 Å². The molecule has 3 rings (SSSR count). The number of ether oxygens (including phenoxy) is 1. The van der Waals surface area contributed by atoms with E-state index in [2.05, 4.69) is 32.9 Å². The lowest BCUT2D eigenvalue weighted by Crippen LogP contribution is -2.06. The van der Waals surface area contributed by atoms with Crippen LogP contribution >= 0.6 is 0 Å². The van der Waals surface area contributed by atoms with Crippen molar-refractivity contribution in [2.24, 2.45) is 7.05 Å². The van der Waals surface area contributed by atoms with Crippen molar-refractivity contribution in [3.8, 4) is 0 Å². The van der Waals surface area contributed by atoms with Gasteiger partial charge >= 0.3 is 5.97 Å². The summed E-state index contributed by atoms with van der Waals surface area (Å²) in [6, 6.07) is 9.95. The molecule has 0 saturated heterocycles. The van der Waals surface area contributed by atoms with Gasteiger partial charge in [-0.2, -0.15) is 0 Å². The Kier molecular flexibility index (Phi) is 4.14. The molecule has 0 amide bonds. The number of rotatable bonds is 3. The van der Waals surface area contributed by atoms with Gasteiger partial charge in [-0.1, -0.05) is 23.8 Å². The second-order valence-electron chi connectivity index (χ2n) is 6.31. The summed E-state index contributed by atoms with van der Waals surface area (Å²) in [4.78, 5) is 16.8. The molecule has 1 heterocycles. The molecular formula is C20H22N2O2. The van der Waals surface area contributed by atoms with Gasteiger partial charge in [-0.25, -0.2) is 9.78 Å². The highest BCUT2D eigenvalue weighted by Crippen LogP contribution is 2.24. The number of imidazole rings is 1. The van der Waals surface area contributed by atoms with Crippen molar-refractivity contribution in [1.29, 1.82) is 0 Å². The zero-order valence-corrected chi connectivity index (χ0v) is 14.8. The van der Waals surface area contributed by atoms with Crippen molar-refractivity contribution < 1.29 is 9.53 Å². The van der Waals surface area contributed by atoms with Gasteiger partial charge in [0.2, 0.25) is 0 Å². The van der Waals surface area contributed by atoms with E-state index >= 15 is 0 Å². The molecule has 0 spiro atoms. The summed E-state index contributed by atoms with van der Waals surface area (Å²) in [5.41, 5.74) is 7.29. The molecule has 0 unspecified atom stereocenters. The van der Waals surface area contributed by atoms with Crippen LogP contribution in [0.2, 0.25) is 0 Å². The number of carbonyl (C=O) groups excluding carboxylic acids is 1. The van der Waals surface area contributed by atoms with Crippen LogP contribution in [0.15, 0.2) is 30.3 Å². The van der Waals surface area contributed by atoms with Crippen LogP contribution in [0.1, 0.15) is 38.4 Å². The van der Waals surface area contributed by atoms with Gasteiger partial charge in [0.1, 0.15) is 5.82 Å². The molecule has 4 nitrogen and oxygen atoms in total. The van der Waals surface area contributed by atoms with Gasteiger partial charge in [0.25, 0.3) is 0 Å². The maximum atomic E-state index is 12.0. The SMILES string of the molecule is COC(=O)c1cccc2nc(Cc3c(C)cc(C)cc3C)n(C)c12. The van der Waals surface area contributed by atoms with E-state index in [1.165, 1.54) is 29.4 Å². The number of hydrogen-bond donors (Lipinski definition) is 0.